The van der Waals surface area contributed by atoms with Gasteiger partial charge >= 0.3 is 0 Å². The largest absolute Gasteiger partial charge is 0.385 e. The molecule has 0 unspecified atom stereocenters. The molecule has 0 aromatic heterocycles. The monoisotopic (exact) mass is 216 g/mol. The molecule has 0 saturated heterocycles. The van der Waals surface area contributed by atoms with Crippen molar-refractivity contribution in [3.8, 4) is 0 Å². The maximum absolute atomic E-state index is 5.97. The van der Waals surface area contributed by atoms with Crippen LogP contribution >= 0.6 is 0 Å². The van der Waals surface area contributed by atoms with Gasteiger partial charge in [-0.15, -0.1) is 0 Å². The van der Waals surface area contributed by atoms with Gasteiger partial charge in [0.05, 0.1) is 5.60 Å². The maximum atomic E-state index is 5.97. The summed E-state index contributed by atoms with van der Waals surface area (Å²) >= 11 is 0. The van der Waals surface area contributed by atoms with Crippen LogP contribution in [0.5, 0.6) is 0 Å². The molecular formula is C13H28O2. The van der Waals surface area contributed by atoms with E-state index in [-0.39, 0.29) is 11.0 Å². The summed E-state index contributed by atoms with van der Waals surface area (Å²) in [7, 11) is 1.73. The molecule has 0 aliphatic rings. The fourth-order valence-corrected chi connectivity index (χ4v) is 1.65. The van der Waals surface area contributed by atoms with E-state index in [9.17, 15) is 0 Å². The van der Waals surface area contributed by atoms with Crippen molar-refractivity contribution in [2.45, 2.75) is 59.5 Å². The zero-order chi connectivity index (χ0) is 11.9. The van der Waals surface area contributed by atoms with E-state index < -0.39 is 0 Å². The molecule has 15 heavy (non-hydrogen) atoms. The first-order valence-electron chi connectivity index (χ1n) is 6.00. The summed E-state index contributed by atoms with van der Waals surface area (Å²) < 4.78 is 11.0. The van der Waals surface area contributed by atoms with Gasteiger partial charge in [0.1, 0.15) is 0 Å². The molecule has 0 atom stereocenters. The second-order valence-corrected chi connectivity index (χ2v) is 5.34. The van der Waals surface area contributed by atoms with Crippen molar-refractivity contribution in [1.82, 2.24) is 0 Å². The maximum Gasteiger partial charge on any atom is 0.0677 e. The van der Waals surface area contributed by atoms with E-state index in [1.807, 2.05) is 0 Å². The standard InChI is InChI=1S/C13H28O2/c1-7-9-12(2,3)13(4,5)15-11-8-10-14-6/h7-11H2,1-6H3. The summed E-state index contributed by atoms with van der Waals surface area (Å²) in [5.74, 6) is 0. The lowest BCUT2D eigenvalue weighted by atomic mass is 9.74. The third kappa shape index (κ3) is 4.98. The Balaban J connectivity index is 4.03. The molecule has 0 bridgehead atoms. The summed E-state index contributed by atoms with van der Waals surface area (Å²) in [5.41, 5.74) is 0.172. The van der Waals surface area contributed by atoms with Gasteiger partial charge in [0.15, 0.2) is 0 Å². The highest BCUT2D eigenvalue weighted by Gasteiger charge is 2.36. The Hall–Kier alpha value is -0.0800. The second-order valence-electron chi connectivity index (χ2n) is 5.34. The molecule has 92 valence electrons. The summed E-state index contributed by atoms with van der Waals surface area (Å²) in [6.45, 7) is 12.7. The molecule has 0 aromatic rings. The van der Waals surface area contributed by atoms with Crippen LogP contribution in [0.2, 0.25) is 0 Å². The highest BCUT2D eigenvalue weighted by Crippen LogP contribution is 2.37. The molecule has 0 rings (SSSR count). The molecule has 0 amide bonds. The third-order valence-electron chi connectivity index (χ3n) is 3.46. The van der Waals surface area contributed by atoms with Gasteiger partial charge in [-0.05, 0) is 32.1 Å². The first kappa shape index (κ1) is 14.9. The number of hydrogen-bond acceptors (Lipinski definition) is 2. The van der Waals surface area contributed by atoms with Crippen molar-refractivity contribution in [2.75, 3.05) is 20.3 Å². The van der Waals surface area contributed by atoms with Crippen LogP contribution in [-0.4, -0.2) is 25.9 Å². The van der Waals surface area contributed by atoms with Gasteiger partial charge in [-0.3, -0.25) is 0 Å². The van der Waals surface area contributed by atoms with Crippen LogP contribution in [0.4, 0.5) is 0 Å². The Labute approximate surface area is 95.3 Å². The van der Waals surface area contributed by atoms with Gasteiger partial charge in [0.2, 0.25) is 0 Å². The van der Waals surface area contributed by atoms with Crippen LogP contribution in [0.15, 0.2) is 0 Å². The summed E-state index contributed by atoms with van der Waals surface area (Å²) in [6.07, 6.45) is 3.38. The lowest BCUT2D eigenvalue weighted by Gasteiger charge is -2.41. The highest BCUT2D eigenvalue weighted by atomic mass is 16.5. The van der Waals surface area contributed by atoms with Crippen molar-refractivity contribution >= 4 is 0 Å². The molecule has 0 N–H and O–H groups in total. The van der Waals surface area contributed by atoms with Crippen LogP contribution in [0.1, 0.15) is 53.9 Å². The van der Waals surface area contributed by atoms with Gasteiger partial charge in [0, 0.05) is 20.3 Å². The molecule has 0 aliphatic carbocycles. The van der Waals surface area contributed by atoms with Crippen LogP contribution in [0.3, 0.4) is 0 Å². The second kappa shape index (κ2) is 6.49. The minimum absolute atomic E-state index is 0.0588. The molecule has 2 nitrogen and oxygen atoms in total. The van der Waals surface area contributed by atoms with E-state index in [0.29, 0.717) is 0 Å². The lowest BCUT2D eigenvalue weighted by Crippen LogP contribution is -2.42. The summed E-state index contributed by atoms with van der Waals surface area (Å²) in [5, 5.41) is 0. The van der Waals surface area contributed by atoms with Gasteiger partial charge in [0.25, 0.3) is 0 Å². The van der Waals surface area contributed by atoms with Crippen molar-refractivity contribution < 1.29 is 9.47 Å². The fraction of sp³-hybridized carbons (Fsp3) is 1.00. The Morgan fingerprint density at radius 1 is 1.00 bits per heavy atom. The van der Waals surface area contributed by atoms with E-state index in [1.165, 1.54) is 12.8 Å². The summed E-state index contributed by atoms with van der Waals surface area (Å²) in [6, 6.07) is 0. The Kier molecular flexibility index (Phi) is 6.46. The van der Waals surface area contributed by atoms with Crippen LogP contribution < -0.4 is 0 Å². The van der Waals surface area contributed by atoms with Gasteiger partial charge < -0.3 is 9.47 Å². The first-order chi connectivity index (χ1) is 6.87. The van der Waals surface area contributed by atoms with E-state index in [0.717, 1.165) is 19.6 Å². The molecular weight excluding hydrogens is 188 g/mol. The van der Waals surface area contributed by atoms with Gasteiger partial charge in [-0.25, -0.2) is 0 Å². The van der Waals surface area contributed by atoms with Crippen molar-refractivity contribution in [3.63, 3.8) is 0 Å². The van der Waals surface area contributed by atoms with Crippen LogP contribution in [0, 0.1) is 5.41 Å². The Morgan fingerprint density at radius 3 is 2.07 bits per heavy atom. The molecule has 0 radical (unpaired) electrons. The lowest BCUT2D eigenvalue weighted by molar-refractivity contribution is -0.104. The predicted octanol–water partition coefficient (Wildman–Crippen LogP) is 3.64. The number of methoxy groups -OCH3 is 1. The van der Waals surface area contributed by atoms with Crippen molar-refractivity contribution in [3.05, 3.63) is 0 Å². The van der Waals surface area contributed by atoms with E-state index in [1.54, 1.807) is 7.11 Å². The molecule has 0 aliphatic heterocycles. The van der Waals surface area contributed by atoms with E-state index in [2.05, 4.69) is 34.6 Å². The van der Waals surface area contributed by atoms with E-state index in [4.69, 9.17) is 9.47 Å². The zero-order valence-electron chi connectivity index (χ0n) is 11.4. The van der Waals surface area contributed by atoms with Crippen LogP contribution in [0.25, 0.3) is 0 Å². The first-order valence-corrected chi connectivity index (χ1v) is 6.00. The third-order valence-corrected chi connectivity index (χ3v) is 3.46. The minimum atomic E-state index is -0.0588. The Bertz CT molecular complexity index is 162. The number of rotatable bonds is 8. The number of hydrogen-bond donors (Lipinski definition) is 0. The average molecular weight is 216 g/mol. The van der Waals surface area contributed by atoms with E-state index >= 15 is 0 Å². The molecule has 2 heteroatoms. The van der Waals surface area contributed by atoms with Crippen LogP contribution in [-0.2, 0) is 9.47 Å². The predicted molar refractivity (Wildman–Crippen MR) is 65.2 cm³/mol. The smallest absolute Gasteiger partial charge is 0.0677 e. The van der Waals surface area contributed by atoms with Crippen molar-refractivity contribution in [1.29, 1.82) is 0 Å². The molecule has 0 heterocycles. The Morgan fingerprint density at radius 2 is 1.60 bits per heavy atom. The topological polar surface area (TPSA) is 18.5 Å². The van der Waals surface area contributed by atoms with Crippen molar-refractivity contribution in [2.24, 2.45) is 5.41 Å². The zero-order valence-corrected chi connectivity index (χ0v) is 11.4. The SMILES string of the molecule is CCCC(C)(C)C(C)(C)OCCCOC. The quantitative estimate of drug-likeness (QED) is 0.577. The van der Waals surface area contributed by atoms with Gasteiger partial charge in [-0.1, -0.05) is 27.2 Å². The minimum Gasteiger partial charge on any atom is -0.385 e. The molecule has 0 spiro atoms. The summed E-state index contributed by atoms with van der Waals surface area (Å²) in [4.78, 5) is 0. The number of ether oxygens (including phenoxy) is 2. The molecule has 0 aromatic carbocycles. The molecule has 0 fully saturated rings. The normalized spacial score (nSPS) is 13.2. The van der Waals surface area contributed by atoms with Gasteiger partial charge in [-0.2, -0.15) is 0 Å². The average Bonchev–Trinajstić information content (AvgIpc) is 2.12. The molecule has 0 saturated carbocycles. The fourth-order valence-electron chi connectivity index (χ4n) is 1.65. The highest BCUT2D eigenvalue weighted by molar-refractivity contribution is 4.87.